The molecule has 0 bridgehead atoms. The van der Waals surface area contributed by atoms with Crippen LogP contribution in [0.3, 0.4) is 0 Å². The maximum Gasteiger partial charge on any atom is 0.253 e. The minimum atomic E-state index is -0.981. The lowest BCUT2D eigenvalue weighted by molar-refractivity contribution is 0.0568. The molecule has 8 heteroatoms. The topological polar surface area (TPSA) is 81.7 Å². The van der Waals surface area contributed by atoms with Crippen LogP contribution in [0, 0.1) is 24.5 Å². The van der Waals surface area contributed by atoms with Crippen LogP contribution in [0.15, 0.2) is 36.4 Å². The molecule has 3 rings (SSSR count). The van der Waals surface area contributed by atoms with Crippen molar-refractivity contribution in [3.8, 4) is 0 Å². The summed E-state index contributed by atoms with van der Waals surface area (Å²) in [4.78, 5) is 28.6. The van der Waals surface area contributed by atoms with Crippen molar-refractivity contribution in [2.75, 3.05) is 19.6 Å². The minimum Gasteiger partial charge on any atom is -0.389 e. The fraction of sp³-hybridized carbons (Fsp3) is 0.562. The number of hydrogen-bond acceptors (Lipinski definition) is 4. The normalized spacial score (nSPS) is 18.7. The van der Waals surface area contributed by atoms with Gasteiger partial charge in [0.1, 0.15) is 11.6 Å². The fourth-order valence-electron chi connectivity index (χ4n) is 5.81. The maximum atomic E-state index is 14.0. The van der Waals surface area contributed by atoms with Crippen LogP contribution in [0.4, 0.5) is 8.78 Å². The summed E-state index contributed by atoms with van der Waals surface area (Å²) in [6.45, 7) is 10.0. The molecule has 1 saturated heterocycles. The first-order valence-corrected chi connectivity index (χ1v) is 14.7. The molecule has 1 heterocycles. The first kappa shape index (κ1) is 31.7. The second-order valence-corrected chi connectivity index (χ2v) is 11.2. The van der Waals surface area contributed by atoms with Gasteiger partial charge in [0.05, 0.1) is 12.1 Å². The standard InChI is InChI=1S/C32H45F2N3O3/c1-5-8-22-9-10-35-28(17-22)30(38)29(18-23-15-26(33)20-27(34)16-23)36-31(39)24-13-21(4)14-25(19-24)32(40)37(11-6-2)12-7-3/h13-16,19-20,22,28-30,35,38H,5-12,17-18H2,1-4H3,(H,36,39)/t22-,28+,29-,30+/m0/s1. The Kier molecular flexibility index (Phi) is 12.1. The van der Waals surface area contributed by atoms with Crippen molar-refractivity contribution in [3.05, 3.63) is 70.3 Å². The molecule has 0 unspecified atom stereocenters. The Hall–Kier alpha value is -2.84. The van der Waals surface area contributed by atoms with Crippen molar-refractivity contribution >= 4 is 11.8 Å². The number of halogens is 2. The molecule has 1 aliphatic rings. The number of hydrogen-bond donors (Lipinski definition) is 3. The second-order valence-electron chi connectivity index (χ2n) is 11.2. The Balaban J connectivity index is 1.87. The number of amides is 2. The third-order valence-electron chi connectivity index (χ3n) is 7.62. The number of carbonyl (C=O) groups is 2. The van der Waals surface area contributed by atoms with Crippen LogP contribution in [0.5, 0.6) is 0 Å². The Morgan fingerprint density at radius 1 is 1.00 bits per heavy atom. The summed E-state index contributed by atoms with van der Waals surface area (Å²) in [6, 6.07) is 7.26. The third kappa shape index (κ3) is 8.83. The van der Waals surface area contributed by atoms with Gasteiger partial charge in [-0.05, 0) is 92.9 Å². The number of carbonyl (C=O) groups excluding carboxylic acids is 2. The largest absolute Gasteiger partial charge is 0.389 e. The van der Waals surface area contributed by atoms with Gasteiger partial charge in [0.2, 0.25) is 0 Å². The number of benzene rings is 2. The van der Waals surface area contributed by atoms with Gasteiger partial charge in [-0.3, -0.25) is 9.59 Å². The Labute approximate surface area is 237 Å². The molecule has 0 radical (unpaired) electrons. The highest BCUT2D eigenvalue weighted by Gasteiger charge is 2.33. The number of rotatable bonds is 13. The second kappa shape index (κ2) is 15.2. The Morgan fingerprint density at radius 2 is 1.65 bits per heavy atom. The van der Waals surface area contributed by atoms with E-state index < -0.39 is 29.7 Å². The summed E-state index contributed by atoms with van der Waals surface area (Å²) in [6.07, 6.45) is 4.63. The first-order chi connectivity index (χ1) is 19.1. The van der Waals surface area contributed by atoms with Crippen molar-refractivity contribution in [2.45, 2.75) is 90.8 Å². The van der Waals surface area contributed by atoms with Gasteiger partial charge in [0, 0.05) is 36.3 Å². The summed E-state index contributed by atoms with van der Waals surface area (Å²) >= 11 is 0. The molecule has 0 spiro atoms. The first-order valence-electron chi connectivity index (χ1n) is 14.7. The van der Waals surface area contributed by atoms with E-state index >= 15 is 0 Å². The average Bonchev–Trinajstić information content (AvgIpc) is 2.91. The third-order valence-corrected chi connectivity index (χ3v) is 7.62. The molecule has 40 heavy (non-hydrogen) atoms. The summed E-state index contributed by atoms with van der Waals surface area (Å²) in [5.74, 6) is -1.52. The molecule has 2 amide bonds. The van der Waals surface area contributed by atoms with Gasteiger partial charge >= 0.3 is 0 Å². The van der Waals surface area contributed by atoms with Gasteiger partial charge in [-0.1, -0.05) is 33.6 Å². The lowest BCUT2D eigenvalue weighted by Gasteiger charge is -2.37. The van der Waals surface area contributed by atoms with E-state index in [0.29, 0.717) is 35.7 Å². The van der Waals surface area contributed by atoms with Gasteiger partial charge in [0.15, 0.2) is 0 Å². The van der Waals surface area contributed by atoms with E-state index in [1.807, 2.05) is 20.8 Å². The van der Waals surface area contributed by atoms with E-state index in [2.05, 4.69) is 17.6 Å². The zero-order valence-electron chi connectivity index (χ0n) is 24.3. The molecular weight excluding hydrogens is 512 g/mol. The highest BCUT2D eigenvalue weighted by atomic mass is 19.1. The predicted octanol–water partition coefficient (Wildman–Crippen LogP) is 5.41. The highest BCUT2D eigenvalue weighted by Crippen LogP contribution is 2.25. The minimum absolute atomic E-state index is 0.0522. The lowest BCUT2D eigenvalue weighted by Crippen LogP contribution is -2.56. The molecule has 4 atom stereocenters. The molecule has 0 aliphatic carbocycles. The molecular formula is C32H45F2N3O3. The molecule has 6 nitrogen and oxygen atoms in total. The van der Waals surface area contributed by atoms with E-state index in [4.69, 9.17) is 0 Å². The monoisotopic (exact) mass is 557 g/mol. The summed E-state index contributed by atoms with van der Waals surface area (Å²) in [5.41, 5.74) is 1.86. The van der Waals surface area contributed by atoms with Crippen molar-refractivity contribution < 1.29 is 23.5 Å². The van der Waals surface area contributed by atoms with E-state index in [-0.39, 0.29) is 18.4 Å². The summed E-state index contributed by atoms with van der Waals surface area (Å²) < 4.78 is 28.0. The van der Waals surface area contributed by atoms with Crippen LogP contribution in [0.25, 0.3) is 0 Å². The molecule has 3 N–H and O–H groups in total. The molecule has 2 aromatic carbocycles. The maximum absolute atomic E-state index is 14.0. The van der Waals surface area contributed by atoms with Crippen molar-refractivity contribution in [3.63, 3.8) is 0 Å². The highest BCUT2D eigenvalue weighted by molar-refractivity contribution is 6.00. The van der Waals surface area contributed by atoms with Crippen LogP contribution in [-0.4, -0.2) is 59.6 Å². The van der Waals surface area contributed by atoms with Crippen LogP contribution < -0.4 is 10.6 Å². The molecule has 0 aromatic heterocycles. The van der Waals surface area contributed by atoms with Crippen molar-refractivity contribution in [1.29, 1.82) is 0 Å². The van der Waals surface area contributed by atoms with Crippen molar-refractivity contribution in [2.24, 2.45) is 5.92 Å². The zero-order valence-corrected chi connectivity index (χ0v) is 24.3. The Morgan fingerprint density at radius 3 is 2.27 bits per heavy atom. The van der Waals surface area contributed by atoms with Gasteiger partial charge in [-0.2, -0.15) is 0 Å². The smallest absolute Gasteiger partial charge is 0.253 e. The SMILES string of the molecule is CCC[C@H]1CCN[C@@H]([C@@H](O)[C@H](Cc2cc(F)cc(F)c2)NC(=O)c2cc(C)cc(C(=O)N(CCC)CCC)c2)C1. The summed E-state index contributed by atoms with van der Waals surface area (Å²) in [7, 11) is 0. The van der Waals surface area contributed by atoms with Crippen molar-refractivity contribution in [1.82, 2.24) is 15.5 Å². The number of aliphatic hydroxyl groups is 1. The fourth-order valence-corrected chi connectivity index (χ4v) is 5.81. The number of nitrogens with zero attached hydrogens (tertiary/aromatic N) is 1. The molecule has 1 fully saturated rings. The van der Waals surface area contributed by atoms with E-state index in [1.165, 1.54) is 12.1 Å². The Bertz CT molecular complexity index is 1110. The van der Waals surface area contributed by atoms with Gasteiger partial charge in [-0.25, -0.2) is 8.78 Å². The molecule has 0 saturated carbocycles. The van der Waals surface area contributed by atoms with Gasteiger partial charge < -0.3 is 20.6 Å². The van der Waals surface area contributed by atoms with E-state index in [0.717, 1.165) is 56.7 Å². The van der Waals surface area contributed by atoms with Gasteiger partial charge in [-0.15, -0.1) is 0 Å². The molecule has 220 valence electrons. The lowest BCUT2D eigenvalue weighted by atomic mass is 9.84. The van der Waals surface area contributed by atoms with Gasteiger partial charge in [0.25, 0.3) is 11.8 Å². The zero-order chi connectivity index (χ0) is 29.2. The van der Waals surface area contributed by atoms with Crippen LogP contribution in [0.2, 0.25) is 0 Å². The predicted molar refractivity (Wildman–Crippen MR) is 154 cm³/mol. The van der Waals surface area contributed by atoms with Crippen LogP contribution >= 0.6 is 0 Å². The molecule has 2 aromatic rings. The van der Waals surface area contributed by atoms with E-state index in [9.17, 15) is 23.5 Å². The van der Waals surface area contributed by atoms with E-state index in [1.54, 1.807) is 23.1 Å². The summed E-state index contributed by atoms with van der Waals surface area (Å²) in [5, 5.41) is 17.8. The number of aliphatic hydroxyl groups excluding tert-OH is 1. The van der Waals surface area contributed by atoms with Crippen LogP contribution in [0.1, 0.15) is 91.1 Å². The quantitative estimate of drug-likeness (QED) is 0.308. The number of piperidine rings is 1. The average molecular weight is 558 g/mol. The number of aryl methyl sites for hydroxylation is 1. The molecule has 1 aliphatic heterocycles. The van der Waals surface area contributed by atoms with Crippen LogP contribution in [-0.2, 0) is 6.42 Å². The number of nitrogens with one attached hydrogen (secondary N) is 2.